The Balaban J connectivity index is 1.09. The van der Waals surface area contributed by atoms with Crippen LogP contribution >= 0.6 is 0 Å². The first-order chi connectivity index (χ1) is 18.9. The van der Waals surface area contributed by atoms with Gasteiger partial charge in [0.25, 0.3) is 5.91 Å². The molecule has 2 aromatic carbocycles. The predicted molar refractivity (Wildman–Crippen MR) is 146 cm³/mol. The summed E-state index contributed by atoms with van der Waals surface area (Å²) in [4.78, 5) is 41.8. The minimum atomic E-state index is -0.709. The minimum Gasteiger partial charge on any atom is -0.453 e. The number of carbonyl (C=O) groups is 3. The Morgan fingerprint density at radius 2 is 1.90 bits per heavy atom. The number of piperidine rings is 2. The highest BCUT2D eigenvalue weighted by Crippen LogP contribution is 2.44. The number of carbonyl (C=O) groups excluding carboxylic acids is 3. The van der Waals surface area contributed by atoms with Crippen molar-refractivity contribution in [2.24, 2.45) is 5.41 Å². The summed E-state index contributed by atoms with van der Waals surface area (Å²) >= 11 is 0. The molecule has 1 N–H and O–H groups in total. The van der Waals surface area contributed by atoms with E-state index in [4.69, 9.17) is 4.74 Å². The molecule has 202 valence electrons. The van der Waals surface area contributed by atoms with E-state index in [0.717, 1.165) is 36.7 Å². The number of amides is 3. The van der Waals surface area contributed by atoms with Crippen LogP contribution in [0.4, 0.5) is 5.69 Å². The summed E-state index contributed by atoms with van der Waals surface area (Å²) in [5.41, 5.74) is 1.73. The van der Waals surface area contributed by atoms with E-state index in [1.807, 2.05) is 35.1 Å². The second-order valence-corrected chi connectivity index (χ2v) is 11.9. The molecule has 0 spiro atoms. The van der Waals surface area contributed by atoms with Crippen molar-refractivity contribution in [3.63, 3.8) is 0 Å². The topological polar surface area (TPSA) is 96.8 Å². The predicted octanol–water partition coefficient (Wildman–Crippen LogP) is 4.42. The van der Waals surface area contributed by atoms with Crippen molar-refractivity contribution in [1.82, 2.24) is 20.0 Å². The first-order valence-electron chi connectivity index (χ1n) is 14.1. The van der Waals surface area contributed by atoms with Crippen molar-refractivity contribution < 1.29 is 19.1 Å². The average molecular weight is 528 g/mol. The second-order valence-electron chi connectivity index (χ2n) is 11.9. The molecule has 7 rings (SSSR count). The van der Waals surface area contributed by atoms with Crippen LogP contribution in [0.15, 0.2) is 42.7 Å². The number of hydrogen-bond donors (Lipinski definition) is 1. The normalized spacial score (nSPS) is 23.3. The Labute approximate surface area is 227 Å². The zero-order valence-corrected chi connectivity index (χ0v) is 22.2. The largest absolute Gasteiger partial charge is 0.453 e. The van der Waals surface area contributed by atoms with Crippen molar-refractivity contribution in [3.8, 4) is 11.5 Å². The molecule has 3 amide bonds. The number of rotatable bonds is 6. The molecule has 3 aliphatic heterocycles. The van der Waals surface area contributed by atoms with Crippen LogP contribution in [0.1, 0.15) is 68.3 Å². The number of imide groups is 1. The maximum absolute atomic E-state index is 13.4. The number of nitrogens with zero attached hydrogens (tertiary/aromatic N) is 4. The summed E-state index contributed by atoms with van der Waals surface area (Å²) in [6.07, 6.45) is 10.5. The van der Waals surface area contributed by atoms with Gasteiger partial charge in [0.1, 0.15) is 11.8 Å². The van der Waals surface area contributed by atoms with Gasteiger partial charge in [0.15, 0.2) is 5.75 Å². The van der Waals surface area contributed by atoms with Crippen LogP contribution in [0.3, 0.4) is 0 Å². The third kappa shape index (κ3) is 4.19. The van der Waals surface area contributed by atoms with Crippen molar-refractivity contribution >= 4 is 34.2 Å². The molecule has 1 unspecified atom stereocenters. The summed E-state index contributed by atoms with van der Waals surface area (Å²) in [6, 6.07) is 8.87. The molecule has 9 heteroatoms. The van der Waals surface area contributed by atoms with E-state index in [2.05, 4.69) is 22.2 Å². The fourth-order valence-electron chi connectivity index (χ4n) is 6.83. The van der Waals surface area contributed by atoms with Gasteiger partial charge in [-0.05, 0) is 55.7 Å². The Hall–Kier alpha value is -3.72. The number of likely N-dealkylation sites (tertiary alicyclic amines) is 1. The average Bonchev–Trinajstić information content (AvgIpc) is 3.49. The molecule has 4 aliphatic rings. The zero-order chi connectivity index (χ0) is 26.7. The lowest BCUT2D eigenvalue weighted by molar-refractivity contribution is -0.134. The van der Waals surface area contributed by atoms with Crippen LogP contribution < -0.4 is 15.0 Å². The molecule has 1 aromatic heterocycles. The molecule has 2 saturated heterocycles. The van der Waals surface area contributed by atoms with E-state index in [0.29, 0.717) is 40.6 Å². The molecule has 1 atom stereocenters. The molecule has 0 radical (unpaired) electrons. The van der Waals surface area contributed by atoms with Gasteiger partial charge >= 0.3 is 0 Å². The van der Waals surface area contributed by atoms with Gasteiger partial charge in [-0.2, -0.15) is 5.10 Å². The van der Waals surface area contributed by atoms with Gasteiger partial charge < -0.3 is 9.64 Å². The molecule has 3 fully saturated rings. The summed E-state index contributed by atoms with van der Waals surface area (Å²) in [6.45, 7) is 5.83. The maximum atomic E-state index is 13.4. The molecule has 4 heterocycles. The Kier molecular flexibility index (Phi) is 5.73. The molecule has 0 bridgehead atoms. The molecule has 39 heavy (non-hydrogen) atoms. The molecule has 1 aliphatic carbocycles. The maximum Gasteiger partial charge on any atom is 0.259 e. The second kappa shape index (κ2) is 9.19. The van der Waals surface area contributed by atoms with Crippen LogP contribution in [0.2, 0.25) is 0 Å². The highest BCUT2D eigenvalue weighted by atomic mass is 16.5. The molecule has 1 saturated carbocycles. The Bertz CT molecular complexity index is 1480. The van der Waals surface area contributed by atoms with E-state index in [-0.39, 0.29) is 18.2 Å². The Morgan fingerprint density at radius 1 is 1.08 bits per heavy atom. The Morgan fingerprint density at radius 3 is 2.64 bits per heavy atom. The van der Waals surface area contributed by atoms with Crippen LogP contribution in [0, 0.1) is 5.41 Å². The van der Waals surface area contributed by atoms with Crippen LogP contribution in [0.5, 0.6) is 11.5 Å². The van der Waals surface area contributed by atoms with Crippen molar-refractivity contribution in [1.29, 1.82) is 0 Å². The van der Waals surface area contributed by atoms with Gasteiger partial charge in [0, 0.05) is 42.4 Å². The van der Waals surface area contributed by atoms with Gasteiger partial charge in [0.2, 0.25) is 11.8 Å². The fourth-order valence-corrected chi connectivity index (χ4v) is 6.83. The van der Waals surface area contributed by atoms with Gasteiger partial charge in [-0.25, -0.2) is 0 Å². The number of aromatic nitrogens is 2. The van der Waals surface area contributed by atoms with E-state index >= 15 is 0 Å². The van der Waals surface area contributed by atoms with Crippen LogP contribution in [0.25, 0.3) is 10.8 Å². The number of benzene rings is 2. The summed E-state index contributed by atoms with van der Waals surface area (Å²) in [5, 5.41) is 8.57. The smallest absolute Gasteiger partial charge is 0.259 e. The third-order valence-corrected chi connectivity index (χ3v) is 9.11. The number of anilines is 1. The molecule has 9 nitrogen and oxygen atoms in total. The van der Waals surface area contributed by atoms with Gasteiger partial charge in [-0.3, -0.25) is 29.3 Å². The molecule has 3 aromatic rings. The third-order valence-electron chi connectivity index (χ3n) is 9.11. The number of nitrogens with one attached hydrogen (secondary N) is 1. The molecular formula is C30H33N5O4. The lowest BCUT2D eigenvalue weighted by Gasteiger charge is -2.44. The summed E-state index contributed by atoms with van der Waals surface area (Å²) in [7, 11) is 0. The van der Waals surface area contributed by atoms with Gasteiger partial charge in [0.05, 0.1) is 24.1 Å². The lowest BCUT2D eigenvalue weighted by atomic mass is 9.70. The van der Waals surface area contributed by atoms with E-state index in [9.17, 15) is 14.4 Å². The molecular weight excluding hydrogens is 494 g/mol. The minimum absolute atomic E-state index is 0.212. The van der Waals surface area contributed by atoms with Crippen molar-refractivity contribution in [2.75, 3.05) is 24.5 Å². The first kappa shape index (κ1) is 24.3. The summed E-state index contributed by atoms with van der Waals surface area (Å²) in [5.74, 6) is 0.329. The monoisotopic (exact) mass is 527 g/mol. The SMILES string of the molecule is CC1(CN2CCC(n3cc(Oc4ccc5c6c(cccc46)C(=O)N5C4CCC(=O)NC4=O)cn3)CC2)CCC1. The highest BCUT2D eigenvalue weighted by Gasteiger charge is 2.41. The fraction of sp³-hybridized carbons (Fsp3) is 0.467. The van der Waals surface area contributed by atoms with Crippen LogP contribution in [-0.2, 0) is 9.59 Å². The standard InChI is InChI=1S/C30H33N5O4/c1-30(12-3-13-30)18-33-14-10-19(11-15-33)34-17-20(16-31-34)39-25-8-6-23-27-21(25)4-2-5-22(27)29(38)35(23)24-7-9-26(36)32-28(24)37/h2,4-6,8,16-17,19,24H,3,7,9-15,18H2,1H3,(H,32,36,37). The highest BCUT2D eigenvalue weighted by molar-refractivity contribution is 6.27. The van der Waals surface area contributed by atoms with Crippen LogP contribution in [-0.4, -0.2) is 58.1 Å². The van der Waals surface area contributed by atoms with Gasteiger partial charge in [-0.1, -0.05) is 25.5 Å². The number of hydrogen-bond acceptors (Lipinski definition) is 6. The van der Waals surface area contributed by atoms with Crippen molar-refractivity contribution in [3.05, 3.63) is 48.3 Å². The van der Waals surface area contributed by atoms with Crippen molar-refractivity contribution in [2.45, 2.75) is 64.0 Å². The number of ether oxygens (including phenoxy) is 1. The van der Waals surface area contributed by atoms with Gasteiger partial charge in [-0.15, -0.1) is 0 Å². The van der Waals surface area contributed by atoms with E-state index in [1.165, 1.54) is 30.7 Å². The van der Waals surface area contributed by atoms with E-state index < -0.39 is 11.9 Å². The zero-order valence-electron chi connectivity index (χ0n) is 22.2. The summed E-state index contributed by atoms with van der Waals surface area (Å²) < 4.78 is 8.35. The quantitative estimate of drug-likeness (QED) is 0.477. The van der Waals surface area contributed by atoms with E-state index in [1.54, 1.807) is 12.3 Å². The first-order valence-corrected chi connectivity index (χ1v) is 14.1. The lowest BCUT2D eigenvalue weighted by Crippen LogP contribution is -2.53.